The van der Waals surface area contributed by atoms with E-state index in [1.54, 1.807) is 58.9 Å². The zero-order valence-electron chi connectivity index (χ0n) is 15.6. The van der Waals surface area contributed by atoms with E-state index in [4.69, 9.17) is 9.47 Å². The molecule has 138 valence electrons. The van der Waals surface area contributed by atoms with Crippen molar-refractivity contribution >= 4 is 11.9 Å². The van der Waals surface area contributed by atoms with E-state index in [-0.39, 0.29) is 5.78 Å². The van der Waals surface area contributed by atoms with Crippen LogP contribution in [0.3, 0.4) is 0 Å². The van der Waals surface area contributed by atoms with Gasteiger partial charge in [0.2, 0.25) is 0 Å². The molecule has 0 radical (unpaired) electrons. The van der Waals surface area contributed by atoms with Crippen molar-refractivity contribution in [3.63, 3.8) is 0 Å². The summed E-state index contributed by atoms with van der Waals surface area (Å²) in [6.45, 7) is 9.43. The standard InChI is InChI=1S/C19H26FNO4/c1-12(22)13-7-9-14(10-8-13)16-15(11-20)21(19(5,6)24-16)17(23)25-18(2,3)4/h7-10,15-16H,11H2,1-6H3. The molecule has 2 rings (SSSR count). The number of benzene rings is 1. The van der Waals surface area contributed by atoms with Crippen molar-refractivity contribution in [2.45, 2.75) is 65.0 Å². The van der Waals surface area contributed by atoms with Crippen LogP contribution >= 0.6 is 0 Å². The van der Waals surface area contributed by atoms with E-state index in [2.05, 4.69) is 0 Å². The van der Waals surface area contributed by atoms with Gasteiger partial charge < -0.3 is 9.47 Å². The maximum Gasteiger partial charge on any atom is 0.413 e. The lowest BCUT2D eigenvalue weighted by molar-refractivity contribution is -0.0797. The highest BCUT2D eigenvalue weighted by Gasteiger charge is 2.51. The van der Waals surface area contributed by atoms with Crippen molar-refractivity contribution in [2.24, 2.45) is 0 Å². The number of Topliss-reactive ketones (excluding diaryl/α,β-unsaturated/α-hetero) is 1. The predicted molar refractivity (Wildman–Crippen MR) is 92.2 cm³/mol. The molecule has 1 aromatic rings. The summed E-state index contributed by atoms with van der Waals surface area (Å²) in [7, 11) is 0. The number of hydrogen-bond donors (Lipinski definition) is 0. The molecule has 2 unspecified atom stereocenters. The summed E-state index contributed by atoms with van der Waals surface area (Å²) in [5, 5.41) is 0. The number of hydrogen-bond acceptors (Lipinski definition) is 4. The van der Waals surface area contributed by atoms with Gasteiger partial charge in [-0.05, 0) is 47.1 Å². The van der Waals surface area contributed by atoms with Crippen LogP contribution in [0.5, 0.6) is 0 Å². The molecule has 1 heterocycles. The van der Waals surface area contributed by atoms with E-state index < -0.39 is 36.2 Å². The number of carbonyl (C=O) groups excluding carboxylic acids is 2. The summed E-state index contributed by atoms with van der Waals surface area (Å²) in [4.78, 5) is 25.3. The molecular formula is C19H26FNO4. The molecule has 25 heavy (non-hydrogen) atoms. The van der Waals surface area contributed by atoms with Crippen molar-refractivity contribution in [3.8, 4) is 0 Å². The Hall–Kier alpha value is -1.95. The quantitative estimate of drug-likeness (QED) is 0.763. The number of nitrogens with zero attached hydrogens (tertiary/aromatic N) is 1. The predicted octanol–water partition coefficient (Wildman–Crippen LogP) is 4.27. The first-order valence-corrected chi connectivity index (χ1v) is 8.33. The molecule has 1 fully saturated rings. The lowest BCUT2D eigenvalue weighted by atomic mass is 10.0. The van der Waals surface area contributed by atoms with E-state index in [0.29, 0.717) is 11.1 Å². The van der Waals surface area contributed by atoms with Crippen molar-refractivity contribution in [3.05, 3.63) is 35.4 Å². The minimum atomic E-state index is -1.01. The van der Waals surface area contributed by atoms with Crippen LogP contribution in [-0.2, 0) is 9.47 Å². The highest BCUT2D eigenvalue weighted by molar-refractivity contribution is 5.94. The Kier molecular flexibility index (Phi) is 5.23. The Bertz CT molecular complexity index is 648. The van der Waals surface area contributed by atoms with E-state index in [1.165, 1.54) is 11.8 Å². The summed E-state index contributed by atoms with van der Waals surface area (Å²) < 4.78 is 25.3. The van der Waals surface area contributed by atoms with Gasteiger partial charge in [-0.1, -0.05) is 24.3 Å². The number of ketones is 1. The second-order valence-corrected chi connectivity index (χ2v) is 7.74. The number of carbonyl (C=O) groups is 2. The number of alkyl halides is 1. The summed E-state index contributed by atoms with van der Waals surface area (Å²) in [6.07, 6.45) is -1.24. The monoisotopic (exact) mass is 351 g/mol. The largest absolute Gasteiger partial charge is 0.444 e. The Labute approximate surface area is 148 Å². The van der Waals surface area contributed by atoms with E-state index in [9.17, 15) is 14.0 Å². The van der Waals surface area contributed by atoms with Gasteiger partial charge >= 0.3 is 6.09 Å². The molecule has 1 aliphatic heterocycles. The third kappa shape index (κ3) is 4.18. The second-order valence-electron chi connectivity index (χ2n) is 7.74. The van der Waals surface area contributed by atoms with Crippen LogP contribution in [0.2, 0.25) is 0 Å². The molecule has 6 heteroatoms. The summed E-state index contributed by atoms with van der Waals surface area (Å²) >= 11 is 0. The SMILES string of the molecule is CC(=O)c1ccc(C2OC(C)(C)N(C(=O)OC(C)(C)C)C2CF)cc1. The van der Waals surface area contributed by atoms with Crippen LogP contribution in [-0.4, -0.2) is 40.8 Å². The van der Waals surface area contributed by atoms with E-state index in [0.717, 1.165) is 0 Å². The molecular weight excluding hydrogens is 325 g/mol. The van der Waals surface area contributed by atoms with Gasteiger partial charge in [-0.3, -0.25) is 9.69 Å². The summed E-state index contributed by atoms with van der Waals surface area (Å²) in [5.74, 6) is -0.0448. The van der Waals surface area contributed by atoms with Crippen LogP contribution in [0, 0.1) is 0 Å². The van der Waals surface area contributed by atoms with Gasteiger partial charge in [0.1, 0.15) is 24.1 Å². The van der Waals surface area contributed by atoms with Crippen LogP contribution in [0.1, 0.15) is 63.6 Å². The highest BCUT2D eigenvalue weighted by atomic mass is 19.1. The Morgan fingerprint density at radius 2 is 1.80 bits per heavy atom. The van der Waals surface area contributed by atoms with Gasteiger partial charge in [0.25, 0.3) is 0 Å². The van der Waals surface area contributed by atoms with Gasteiger partial charge in [-0.2, -0.15) is 0 Å². The highest BCUT2D eigenvalue weighted by Crippen LogP contribution is 2.42. The normalized spacial score (nSPS) is 22.8. The molecule has 2 atom stereocenters. The summed E-state index contributed by atoms with van der Waals surface area (Å²) in [6, 6.07) is 6.03. The van der Waals surface area contributed by atoms with Gasteiger partial charge in [0, 0.05) is 5.56 Å². The lowest BCUT2D eigenvalue weighted by Gasteiger charge is -2.34. The fraction of sp³-hybridized carbons (Fsp3) is 0.579. The third-order valence-electron chi connectivity index (χ3n) is 4.07. The molecule has 0 N–H and O–H groups in total. The van der Waals surface area contributed by atoms with Gasteiger partial charge in [-0.15, -0.1) is 0 Å². The maximum absolute atomic E-state index is 13.8. The first kappa shape index (κ1) is 19.4. The number of amides is 1. The van der Waals surface area contributed by atoms with Crippen molar-refractivity contribution in [1.29, 1.82) is 0 Å². The molecule has 0 aliphatic carbocycles. The lowest BCUT2D eigenvalue weighted by Crippen LogP contribution is -2.50. The van der Waals surface area contributed by atoms with E-state index >= 15 is 0 Å². The van der Waals surface area contributed by atoms with Crippen LogP contribution in [0.15, 0.2) is 24.3 Å². The van der Waals surface area contributed by atoms with Gasteiger partial charge in [0.05, 0.1) is 6.04 Å². The van der Waals surface area contributed by atoms with Gasteiger partial charge in [-0.25, -0.2) is 9.18 Å². The summed E-state index contributed by atoms with van der Waals surface area (Å²) in [5.41, 5.74) is -0.410. The molecule has 1 aromatic carbocycles. The smallest absolute Gasteiger partial charge is 0.413 e. The fourth-order valence-electron chi connectivity index (χ4n) is 2.99. The molecule has 0 spiro atoms. The van der Waals surface area contributed by atoms with Crippen molar-refractivity contribution in [1.82, 2.24) is 4.90 Å². The van der Waals surface area contributed by atoms with Crippen LogP contribution < -0.4 is 0 Å². The van der Waals surface area contributed by atoms with Crippen LogP contribution in [0.4, 0.5) is 9.18 Å². The maximum atomic E-state index is 13.8. The molecule has 0 aromatic heterocycles. The number of rotatable bonds is 3. The fourth-order valence-corrected chi connectivity index (χ4v) is 2.99. The first-order valence-electron chi connectivity index (χ1n) is 8.33. The first-order chi connectivity index (χ1) is 11.5. The third-order valence-corrected chi connectivity index (χ3v) is 4.07. The van der Waals surface area contributed by atoms with Crippen molar-refractivity contribution in [2.75, 3.05) is 6.67 Å². The minimum absolute atomic E-state index is 0.0448. The molecule has 5 nitrogen and oxygen atoms in total. The average Bonchev–Trinajstić information content (AvgIpc) is 2.76. The Balaban J connectivity index is 2.32. The molecule has 0 saturated carbocycles. The number of ether oxygens (including phenoxy) is 2. The zero-order chi connectivity index (χ0) is 19.0. The average molecular weight is 351 g/mol. The zero-order valence-corrected chi connectivity index (χ0v) is 15.6. The molecule has 1 amide bonds. The molecule has 1 aliphatic rings. The Morgan fingerprint density at radius 1 is 1.24 bits per heavy atom. The van der Waals surface area contributed by atoms with Crippen molar-refractivity contribution < 1.29 is 23.5 Å². The van der Waals surface area contributed by atoms with Crippen LogP contribution in [0.25, 0.3) is 0 Å². The number of halogens is 1. The minimum Gasteiger partial charge on any atom is -0.444 e. The molecule has 1 saturated heterocycles. The van der Waals surface area contributed by atoms with Gasteiger partial charge in [0.15, 0.2) is 5.78 Å². The van der Waals surface area contributed by atoms with E-state index in [1.807, 2.05) is 0 Å². The molecule has 0 bridgehead atoms. The second kappa shape index (κ2) is 6.75. The topological polar surface area (TPSA) is 55.8 Å². The Morgan fingerprint density at radius 3 is 2.24 bits per heavy atom.